The fourth-order valence-corrected chi connectivity index (χ4v) is 9.45. The smallest absolute Gasteiger partial charge is 0.00203 e. The van der Waals surface area contributed by atoms with E-state index in [0.29, 0.717) is 0 Å². The molecule has 0 atom stereocenters. The summed E-state index contributed by atoms with van der Waals surface area (Å²) in [6.45, 7) is 6.14. The number of benzene rings is 11. The summed E-state index contributed by atoms with van der Waals surface area (Å²) < 4.78 is 0. The van der Waals surface area contributed by atoms with Gasteiger partial charge in [0, 0.05) is 0 Å². The number of allylic oxidation sites excluding steroid dienone is 1. The number of aryl methyl sites for hydroxylation is 2. The third-order valence-corrected chi connectivity index (χ3v) is 12.5. The van der Waals surface area contributed by atoms with Gasteiger partial charge < -0.3 is 0 Å². The first-order chi connectivity index (χ1) is 30.2. The van der Waals surface area contributed by atoms with Crippen LogP contribution >= 0.6 is 0 Å². The van der Waals surface area contributed by atoms with Crippen LogP contribution in [0.25, 0.3) is 104 Å². The van der Waals surface area contributed by atoms with E-state index in [-0.39, 0.29) is 0 Å². The molecule has 0 fully saturated rings. The topological polar surface area (TPSA) is 0 Å². The average Bonchev–Trinajstić information content (AvgIpc) is 3.34. The number of hydrogen-bond donors (Lipinski definition) is 0. The minimum atomic E-state index is 1.12. The molecule has 1 aliphatic rings. The summed E-state index contributed by atoms with van der Waals surface area (Å²) in [7, 11) is 0. The van der Waals surface area contributed by atoms with E-state index in [4.69, 9.17) is 0 Å². The molecule has 0 aromatic heterocycles. The lowest BCUT2D eigenvalue weighted by molar-refractivity contribution is 0.986. The largest absolute Gasteiger partial charge is 0.0836 e. The van der Waals surface area contributed by atoms with Crippen molar-refractivity contribution in [2.75, 3.05) is 0 Å². The molecule has 11 aromatic carbocycles. The lowest BCUT2D eigenvalue weighted by Gasteiger charge is -2.17. The van der Waals surface area contributed by atoms with Crippen LogP contribution in [-0.4, -0.2) is 0 Å². The third-order valence-electron chi connectivity index (χ3n) is 12.5. The number of fused-ring (bicyclic) bond motifs is 3. The molecular formula is C61H48. The zero-order valence-corrected chi connectivity index (χ0v) is 35.1. The summed E-state index contributed by atoms with van der Waals surface area (Å²) in [5.74, 6) is 0. The molecule has 0 bridgehead atoms. The Bertz CT molecular complexity index is 3350. The molecule has 12 rings (SSSR count). The lowest BCUT2D eigenvalue weighted by Crippen LogP contribution is -1.94. The maximum absolute atomic E-state index is 2.37. The van der Waals surface area contributed by atoms with Gasteiger partial charge in [0.25, 0.3) is 0 Å². The van der Waals surface area contributed by atoms with Crippen molar-refractivity contribution in [2.24, 2.45) is 0 Å². The predicted molar refractivity (Wildman–Crippen MR) is 267 cm³/mol. The number of hydrogen-bond acceptors (Lipinski definition) is 0. The molecule has 0 radical (unpaired) electrons. The van der Waals surface area contributed by atoms with Crippen molar-refractivity contribution in [3.63, 3.8) is 0 Å². The molecular weight excluding hydrogens is 733 g/mol. The first kappa shape index (κ1) is 38.0. The van der Waals surface area contributed by atoms with Crippen molar-refractivity contribution in [3.05, 3.63) is 223 Å². The second kappa shape index (κ2) is 16.4. The Morgan fingerprint density at radius 3 is 1.43 bits per heavy atom. The van der Waals surface area contributed by atoms with E-state index in [1.807, 2.05) is 13.8 Å². The van der Waals surface area contributed by atoms with Gasteiger partial charge in [0.05, 0.1) is 0 Å². The minimum Gasteiger partial charge on any atom is -0.0836 e. The standard InChI is InChI=1S/C48H32.C11H10.C2H6/c1-2-8-39-30-40(21-14-31(39)6-1)32-12-15-35(16-13-32)43-26-22-37-25-29-46-44(27-23-38-24-28-45(43)47(37)48(38)46)36-19-17-34(18-20-36)42-11-5-9-33-7-3-4-10-41(33)42;1-9-5-4-7-10-6-2-3-8-11(9)10;1-2/h1,3-7,9-30H,2,8H2;2-8H,1H3;1-2H3. The van der Waals surface area contributed by atoms with Gasteiger partial charge in [0.1, 0.15) is 0 Å². The summed E-state index contributed by atoms with van der Waals surface area (Å²) in [4.78, 5) is 0. The van der Waals surface area contributed by atoms with E-state index in [1.165, 1.54) is 115 Å². The van der Waals surface area contributed by atoms with Gasteiger partial charge in [-0.1, -0.05) is 226 Å². The van der Waals surface area contributed by atoms with Crippen LogP contribution in [0, 0.1) is 6.92 Å². The maximum atomic E-state index is 2.37. The van der Waals surface area contributed by atoms with Crippen molar-refractivity contribution < 1.29 is 0 Å². The molecule has 1 aliphatic carbocycles. The van der Waals surface area contributed by atoms with Crippen LogP contribution in [0.1, 0.15) is 37.0 Å². The quantitative estimate of drug-likeness (QED) is 0.156. The second-order valence-electron chi connectivity index (χ2n) is 16.0. The Kier molecular flexibility index (Phi) is 10.2. The van der Waals surface area contributed by atoms with Crippen LogP contribution < -0.4 is 0 Å². The van der Waals surface area contributed by atoms with E-state index in [9.17, 15) is 0 Å². The van der Waals surface area contributed by atoms with Crippen molar-refractivity contribution in [1.29, 1.82) is 0 Å². The van der Waals surface area contributed by atoms with Crippen LogP contribution in [0.3, 0.4) is 0 Å². The van der Waals surface area contributed by atoms with Crippen LogP contribution in [0.4, 0.5) is 0 Å². The van der Waals surface area contributed by atoms with Crippen LogP contribution in [0.5, 0.6) is 0 Å². The van der Waals surface area contributed by atoms with E-state index >= 15 is 0 Å². The Morgan fingerprint density at radius 1 is 0.344 bits per heavy atom. The summed E-state index contributed by atoms with van der Waals surface area (Å²) >= 11 is 0. The normalized spacial score (nSPS) is 12.0. The second-order valence-corrected chi connectivity index (χ2v) is 16.0. The first-order valence-electron chi connectivity index (χ1n) is 21.8. The van der Waals surface area contributed by atoms with E-state index < -0.39 is 0 Å². The van der Waals surface area contributed by atoms with E-state index in [2.05, 4.69) is 219 Å². The van der Waals surface area contributed by atoms with Gasteiger partial charge in [-0.05, 0) is 135 Å². The zero-order valence-electron chi connectivity index (χ0n) is 35.1. The number of rotatable bonds is 4. The SMILES string of the molecule is C1=Cc2ccc(-c3ccc(-c4ccc5ccc6c(-c7ccc(-c8cccc9ccccc89)cc7)ccc7ccc4c5c76)cc3)cc2CC1.CC.Cc1cccc2ccccc12. The predicted octanol–water partition coefficient (Wildman–Crippen LogP) is 17.5. The maximum Gasteiger partial charge on any atom is -0.00203 e. The Morgan fingerprint density at radius 2 is 0.820 bits per heavy atom. The van der Waals surface area contributed by atoms with Crippen molar-refractivity contribution in [1.82, 2.24) is 0 Å². The molecule has 0 saturated heterocycles. The molecule has 0 amide bonds. The van der Waals surface area contributed by atoms with Gasteiger partial charge >= 0.3 is 0 Å². The van der Waals surface area contributed by atoms with Crippen molar-refractivity contribution in [3.8, 4) is 44.5 Å². The molecule has 11 aromatic rings. The molecule has 0 nitrogen and oxygen atoms in total. The first-order valence-corrected chi connectivity index (χ1v) is 21.8. The van der Waals surface area contributed by atoms with E-state index in [0.717, 1.165) is 12.8 Å². The van der Waals surface area contributed by atoms with Crippen LogP contribution in [-0.2, 0) is 6.42 Å². The molecule has 0 N–H and O–H groups in total. The Hall–Kier alpha value is -7.28. The van der Waals surface area contributed by atoms with Gasteiger partial charge in [0.2, 0.25) is 0 Å². The molecule has 0 heterocycles. The molecule has 292 valence electrons. The van der Waals surface area contributed by atoms with Crippen molar-refractivity contribution >= 4 is 59.9 Å². The summed E-state index contributed by atoms with van der Waals surface area (Å²) in [6, 6.07) is 73.7. The van der Waals surface area contributed by atoms with Gasteiger partial charge in [-0.3, -0.25) is 0 Å². The summed E-state index contributed by atoms with van der Waals surface area (Å²) in [5, 5.41) is 13.1. The molecule has 0 heteroatoms. The fraction of sp³-hybridized carbons (Fsp3) is 0.0820. The van der Waals surface area contributed by atoms with Gasteiger partial charge in [-0.15, -0.1) is 0 Å². The Labute approximate surface area is 359 Å². The highest BCUT2D eigenvalue weighted by molar-refractivity contribution is 6.27. The highest BCUT2D eigenvalue weighted by Crippen LogP contribution is 2.43. The molecule has 0 saturated carbocycles. The summed E-state index contributed by atoms with van der Waals surface area (Å²) in [6.07, 6.45) is 6.78. The highest BCUT2D eigenvalue weighted by Gasteiger charge is 2.16. The van der Waals surface area contributed by atoms with Crippen LogP contribution in [0.2, 0.25) is 0 Å². The third kappa shape index (κ3) is 7.05. The van der Waals surface area contributed by atoms with Gasteiger partial charge in [-0.25, -0.2) is 0 Å². The van der Waals surface area contributed by atoms with Gasteiger partial charge in [0.15, 0.2) is 0 Å². The molecule has 0 unspecified atom stereocenters. The fourth-order valence-electron chi connectivity index (χ4n) is 9.45. The highest BCUT2D eigenvalue weighted by atomic mass is 14.2. The monoisotopic (exact) mass is 780 g/mol. The average molecular weight is 781 g/mol. The lowest BCUT2D eigenvalue weighted by atomic mass is 9.86. The summed E-state index contributed by atoms with van der Waals surface area (Å²) in [5.41, 5.74) is 14.3. The Balaban J connectivity index is 0.000000295. The zero-order chi connectivity index (χ0) is 41.3. The minimum absolute atomic E-state index is 1.12. The van der Waals surface area contributed by atoms with Crippen LogP contribution in [0.15, 0.2) is 206 Å². The van der Waals surface area contributed by atoms with E-state index in [1.54, 1.807) is 0 Å². The van der Waals surface area contributed by atoms with Crippen molar-refractivity contribution in [2.45, 2.75) is 33.6 Å². The molecule has 0 aliphatic heterocycles. The van der Waals surface area contributed by atoms with Gasteiger partial charge in [-0.2, -0.15) is 0 Å². The molecule has 0 spiro atoms. The molecule has 61 heavy (non-hydrogen) atoms.